The van der Waals surface area contributed by atoms with Crippen LogP contribution in [0, 0.1) is 0 Å². The standard InChI is InChI=1S/C18H28N2O4/c1-5-6-7-19-8-10-20(11-9-19)18(21)14-12-15(22-2)17(24-4)16(13-14)23-3/h12-13H,5-11H2,1-4H3. The SMILES string of the molecule is CCCCN1CCN(C(=O)c2cc(OC)c(OC)c(OC)c2)CC1. The molecule has 24 heavy (non-hydrogen) atoms. The number of unbranched alkanes of at least 4 members (excludes halogenated alkanes) is 1. The summed E-state index contributed by atoms with van der Waals surface area (Å²) in [6.07, 6.45) is 2.41. The molecule has 0 aromatic heterocycles. The Morgan fingerprint density at radius 2 is 1.58 bits per heavy atom. The molecule has 1 aliphatic heterocycles. The highest BCUT2D eigenvalue weighted by molar-refractivity contribution is 5.95. The van der Waals surface area contributed by atoms with E-state index in [0.29, 0.717) is 22.8 Å². The van der Waals surface area contributed by atoms with Gasteiger partial charge in [-0.2, -0.15) is 0 Å². The van der Waals surface area contributed by atoms with E-state index >= 15 is 0 Å². The zero-order chi connectivity index (χ0) is 17.5. The molecule has 1 aromatic carbocycles. The number of carbonyl (C=O) groups is 1. The molecule has 1 fully saturated rings. The lowest BCUT2D eigenvalue weighted by Gasteiger charge is -2.34. The molecule has 0 spiro atoms. The van der Waals surface area contributed by atoms with Gasteiger partial charge in [0.25, 0.3) is 5.91 Å². The number of piperazine rings is 1. The van der Waals surface area contributed by atoms with Crippen LogP contribution in [0.25, 0.3) is 0 Å². The van der Waals surface area contributed by atoms with Crippen molar-refractivity contribution in [3.8, 4) is 17.2 Å². The minimum atomic E-state index is 0.00407. The first-order chi connectivity index (χ1) is 11.6. The molecule has 1 aliphatic rings. The summed E-state index contributed by atoms with van der Waals surface area (Å²) in [5, 5.41) is 0. The van der Waals surface area contributed by atoms with Crippen LogP contribution in [0.5, 0.6) is 17.2 Å². The highest BCUT2D eigenvalue weighted by atomic mass is 16.5. The largest absolute Gasteiger partial charge is 0.493 e. The van der Waals surface area contributed by atoms with Gasteiger partial charge in [0.15, 0.2) is 11.5 Å². The van der Waals surface area contributed by atoms with Crippen molar-refractivity contribution in [2.45, 2.75) is 19.8 Å². The molecule has 0 unspecified atom stereocenters. The van der Waals surface area contributed by atoms with Crippen molar-refractivity contribution in [3.63, 3.8) is 0 Å². The summed E-state index contributed by atoms with van der Waals surface area (Å²) in [4.78, 5) is 17.1. The van der Waals surface area contributed by atoms with Crippen LogP contribution in [0.2, 0.25) is 0 Å². The van der Waals surface area contributed by atoms with Crippen molar-refractivity contribution < 1.29 is 19.0 Å². The Labute approximate surface area is 144 Å². The van der Waals surface area contributed by atoms with Gasteiger partial charge in [-0.05, 0) is 25.1 Å². The van der Waals surface area contributed by atoms with Crippen LogP contribution in [0.1, 0.15) is 30.1 Å². The first kappa shape index (κ1) is 18.4. The Bertz CT molecular complexity index is 529. The van der Waals surface area contributed by atoms with Crippen LogP contribution in [0.4, 0.5) is 0 Å². The van der Waals surface area contributed by atoms with E-state index in [0.717, 1.165) is 32.7 Å². The molecule has 1 saturated heterocycles. The van der Waals surface area contributed by atoms with Crippen molar-refractivity contribution in [1.29, 1.82) is 0 Å². The van der Waals surface area contributed by atoms with Crippen LogP contribution >= 0.6 is 0 Å². The third-order valence-electron chi connectivity index (χ3n) is 4.40. The fraction of sp³-hybridized carbons (Fsp3) is 0.611. The molecular formula is C18H28N2O4. The van der Waals surface area contributed by atoms with E-state index in [1.807, 2.05) is 4.90 Å². The summed E-state index contributed by atoms with van der Waals surface area (Å²) in [6, 6.07) is 3.43. The van der Waals surface area contributed by atoms with E-state index in [9.17, 15) is 4.79 Å². The second-order valence-electron chi connectivity index (χ2n) is 5.90. The van der Waals surface area contributed by atoms with Gasteiger partial charge in [-0.15, -0.1) is 0 Å². The smallest absolute Gasteiger partial charge is 0.254 e. The quantitative estimate of drug-likeness (QED) is 0.764. The Morgan fingerprint density at radius 3 is 2.04 bits per heavy atom. The molecule has 0 radical (unpaired) electrons. The maximum absolute atomic E-state index is 12.8. The molecule has 0 aliphatic carbocycles. The number of amides is 1. The van der Waals surface area contributed by atoms with Crippen molar-refractivity contribution in [3.05, 3.63) is 17.7 Å². The van der Waals surface area contributed by atoms with Crippen LogP contribution in [0.15, 0.2) is 12.1 Å². The third kappa shape index (κ3) is 4.12. The molecule has 6 heteroatoms. The van der Waals surface area contributed by atoms with Gasteiger partial charge in [0.1, 0.15) is 0 Å². The fourth-order valence-corrected chi connectivity index (χ4v) is 2.94. The van der Waals surface area contributed by atoms with E-state index < -0.39 is 0 Å². The number of ether oxygens (including phenoxy) is 3. The molecular weight excluding hydrogens is 308 g/mol. The normalized spacial score (nSPS) is 15.2. The van der Waals surface area contributed by atoms with E-state index in [2.05, 4.69) is 11.8 Å². The number of benzene rings is 1. The molecule has 1 amide bonds. The van der Waals surface area contributed by atoms with Crippen LogP contribution < -0.4 is 14.2 Å². The minimum absolute atomic E-state index is 0.00407. The number of carbonyl (C=O) groups excluding carboxylic acids is 1. The fourth-order valence-electron chi connectivity index (χ4n) is 2.94. The van der Waals surface area contributed by atoms with Gasteiger partial charge in [-0.25, -0.2) is 0 Å². The number of methoxy groups -OCH3 is 3. The Hall–Kier alpha value is -1.95. The van der Waals surface area contributed by atoms with Crippen LogP contribution in [-0.4, -0.2) is 69.8 Å². The molecule has 0 bridgehead atoms. The summed E-state index contributed by atoms with van der Waals surface area (Å²) < 4.78 is 16.0. The van der Waals surface area contributed by atoms with E-state index in [1.54, 1.807) is 33.5 Å². The molecule has 134 valence electrons. The van der Waals surface area contributed by atoms with Crippen molar-refractivity contribution in [2.75, 3.05) is 54.1 Å². The summed E-state index contributed by atoms with van der Waals surface area (Å²) >= 11 is 0. The predicted octanol–water partition coefficient (Wildman–Crippen LogP) is 2.27. The van der Waals surface area contributed by atoms with Gasteiger partial charge in [-0.3, -0.25) is 9.69 Å². The first-order valence-electron chi connectivity index (χ1n) is 8.46. The van der Waals surface area contributed by atoms with Crippen LogP contribution in [0.3, 0.4) is 0 Å². The lowest BCUT2D eigenvalue weighted by Crippen LogP contribution is -2.48. The number of rotatable bonds is 7. The average molecular weight is 336 g/mol. The Balaban J connectivity index is 2.10. The molecule has 2 rings (SSSR count). The number of nitrogens with zero attached hydrogens (tertiary/aromatic N) is 2. The van der Waals surface area contributed by atoms with Crippen LogP contribution in [-0.2, 0) is 0 Å². The highest BCUT2D eigenvalue weighted by Gasteiger charge is 2.24. The molecule has 0 saturated carbocycles. The second kappa shape index (κ2) is 8.78. The van der Waals surface area contributed by atoms with Gasteiger partial charge >= 0.3 is 0 Å². The zero-order valence-corrected chi connectivity index (χ0v) is 15.1. The van der Waals surface area contributed by atoms with Crippen molar-refractivity contribution in [1.82, 2.24) is 9.80 Å². The van der Waals surface area contributed by atoms with Crippen molar-refractivity contribution in [2.24, 2.45) is 0 Å². The molecule has 6 nitrogen and oxygen atoms in total. The average Bonchev–Trinajstić information content (AvgIpc) is 2.64. The van der Waals surface area contributed by atoms with E-state index in [1.165, 1.54) is 12.8 Å². The lowest BCUT2D eigenvalue weighted by molar-refractivity contribution is 0.0635. The summed E-state index contributed by atoms with van der Waals surface area (Å²) in [5.74, 6) is 1.51. The lowest BCUT2D eigenvalue weighted by atomic mass is 10.1. The molecule has 1 aromatic rings. The van der Waals surface area contributed by atoms with Crippen molar-refractivity contribution >= 4 is 5.91 Å². The van der Waals surface area contributed by atoms with E-state index in [4.69, 9.17) is 14.2 Å². The third-order valence-corrected chi connectivity index (χ3v) is 4.40. The summed E-state index contributed by atoms with van der Waals surface area (Å²) in [7, 11) is 4.66. The molecule has 0 atom stereocenters. The van der Waals surface area contributed by atoms with Gasteiger partial charge in [0.2, 0.25) is 5.75 Å². The number of hydrogen-bond acceptors (Lipinski definition) is 5. The maximum atomic E-state index is 12.8. The monoisotopic (exact) mass is 336 g/mol. The number of hydrogen-bond donors (Lipinski definition) is 0. The Morgan fingerprint density at radius 1 is 1.00 bits per heavy atom. The predicted molar refractivity (Wildman–Crippen MR) is 93.3 cm³/mol. The van der Waals surface area contributed by atoms with E-state index in [-0.39, 0.29) is 5.91 Å². The van der Waals surface area contributed by atoms with Gasteiger partial charge in [-0.1, -0.05) is 13.3 Å². The summed E-state index contributed by atoms with van der Waals surface area (Å²) in [6.45, 7) is 6.66. The highest BCUT2D eigenvalue weighted by Crippen LogP contribution is 2.38. The first-order valence-corrected chi connectivity index (χ1v) is 8.46. The van der Waals surface area contributed by atoms with Gasteiger partial charge < -0.3 is 19.1 Å². The zero-order valence-electron chi connectivity index (χ0n) is 15.1. The molecule has 1 heterocycles. The second-order valence-corrected chi connectivity index (χ2v) is 5.90. The van der Waals surface area contributed by atoms with Gasteiger partial charge in [0, 0.05) is 31.7 Å². The van der Waals surface area contributed by atoms with Gasteiger partial charge in [0.05, 0.1) is 21.3 Å². The Kier molecular flexibility index (Phi) is 6.73. The maximum Gasteiger partial charge on any atom is 0.254 e. The topological polar surface area (TPSA) is 51.2 Å². The molecule has 0 N–H and O–H groups in total. The minimum Gasteiger partial charge on any atom is -0.493 e. The summed E-state index contributed by atoms with van der Waals surface area (Å²) in [5.41, 5.74) is 0.562.